The van der Waals surface area contributed by atoms with Gasteiger partial charge in [-0.25, -0.2) is 17.4 Å². The fraction of sp³-hybridized carbons (Fsp3) is 0.250. The Labute approximate surface area is 143 Å². The Morgan fingerprint density at radius 1 is 1.04 bits per heavy atom. The van der Waals surface area contributed by atoms with Crippen molar-refractivity contribution in [2.75, 3.05) is 13.1 Å². The summed E-state index contributed by atoms with van der Waals surface area (Å²) in [5, 5.41) is 0.566. The lowest BCUT2D eigenvalue weighted by atomic mass is 10.3. The minimum atomic E-state index is -3.44. The average Bonchev–Trinajstić information content (AvgIpc) is 3.24. The Morgan fingerprint density at radius 2 is 1.75 bits per heavy atom. The van der Waals surface area contributed by atoms with Gasteiger partial charge in [0.1, 0.15) is 4.83 Å². The third-order valence-electron chi connectivity index (χ3n) is 4.14. The van der Waals surface area contributed by atoms with E-state index in [0.717, 1.165) is 12.8 Å². The maximum Gasteiger partial charge on any atom is 0.274 e. The van der Waals surface area contributed by atoms with Crippen LogP contribution in [0.25, 0.3) is 15.9 Å². The molecule has 1 fully saturated rings. The molecule has 0 radical (unpaired) electrons. The summed E-state index contributed by atoms with van der Waals surface area (Å²) in [6.07, 6.45) is 3.46. The van der Waals surface area contributed by atoms with E-state index in [2.05, 4.69) is 4.98 Å². The van der Waals surface area contributed by atoms with Crippen LogP contribution >= 0.6 is 11.5 Å². The standard InChI is InChI=1S/C16H15N3O3S2/c20-16-14-4-3-9-17-15(14)23-19(16)12-5-7-13(8-6-12)24(21,22)18-10-1-2-11-18/h3-9H,1-2,10-11H2. The van der Waals surface area contributed by atoms with E-state index in [1.54, 1.807) is 42.6 Å². The Morgan fingerprint density at radius 3 is 2.42 bits per heavy atom. The molecule has 0 aliphatic carbocycles. The quantitative estimate of drug-likeness (QED) is 0.717. The Kier molecular flexibility index (Phi) is 3.75. The number of benzene rings is 1. The summed E-state index contributed by atoms with van der Waals surface area (Å²) in [6, 6.07) is 9.93. The molecule has 3 heterocycles. The van der Waals surface area contributed by atoms with Crippen LogP contribution < -0.4 is 5.56 Å². The van der Waals surface area contributed by atoms with E-state index in [-0.39, 0.29) is 10.5 Å². The van der Waals surface area contributed by atoms with Crippen molar-refractivity contribution in [2.45, 2.75) is 17.7 Å². The van der Waals surface area contributed by atoms with Crippen LogP contribution in [0.4, 0.5) is 0 Å². The monoisotopic (exact) mass is 361 g/mol. The van der Waals surface area contributed by atoms with Crippen molar-refractivity contribution in [3.8, 4) is 5.69 Å². The third-order valence-corrected chi connectivity index (χ3v) is 7.11. The minimum absolute atomic E-state index is 0.141. The highest BCUT2D eigenvalue weighted by Gasteiger charge is 2.27. The van der Waals surface area contributed by atoms with Gasteiger partial charge in [0.25, 0.3) is 5.56 Å². The Bertz CT molecular complexity index is 1050. The lowest BCUT2D eigenvalue weighted by molar-refractivity contribution is 0.477. The summed E-state index contributed by atoms with van der Waals surface area (Å²) in [5.41, 5.74) is 0.502. The zero-order chi connectivity index (χ0) is 16.7. The van der Waals surface area contributed by atoms with Gasteiger partial charge in [-0.3, -0.25) is 4.79 Å². The normalized spacial score (nSPS) is 16.0. The third kappa shape index (κ3) is 2.47. The van der Waals surface area contributed by atoms with E-state index in [4.69, 9.17) is 0 Å². The molecule has 0 atom stereocenters. The van der Waals surface area contributed by atoms with Gasteiger partial charge in [-0.1, -0.05) is 0 Å². The molecular formula is C16H15N3O3S2. The molecule has 0 bridgehead atoms. The second kappa shape index (κ2) is 5.80. The largest absolute Gasteiger partial charge is 0.274 e. The molecule has 8 heteroatoms. The number of fused-ring (bicyclic) bond motifs is 1. The fourth-order valence-electron chi connectivity index (χ4n) is 2.86. The number of hydrogen-bond acceptors (Lipinski definition) is 5. The van der Waals surface area contributed by atoms with Crippen LogP contribution in [0.2, 0.25) is 0 Å². The van der Waals surface area contributed by atoms with Crippen LogP contribution in [0, 0.1) is 0 Å². The van der Waals surface area contributed by atoms with E-state index in [9.17, 15) is 13.2 Å². The highest BCUT2D eigenvalue weighted by molar-refractivity contribution is 7.89. The van der Waals surface area contributed by atoms with Gasteiger partial charge in [0.2, 0.25) is 10.0 Å². The van der Waals surface area contributed by atoms with E-state index >= 15 is 0 Å². The predicted molar refractivity (Wildman–Crippen MR) is 93.2 cm³/mol. The van der Waals surface area contributed by atoms with Gasteiger partial charge in [0, 0.05) is 19.3 Å². The van der Waals surface area contributed by atoms with Crippen molar-refractivity contribution in [3.63, 3.8) is 0 Å². The van der Waals surface area contributed by atoms with Gasteiger partial charge >= 0.3 is 0 Å². The van der Waals surface area contributed by atoms with Crippen LogP contribution in [-0.2, 0) is 10.0 Å². The van der Waals surface area contributed by atoms with Gasteiger partial charge in [-0.15, -0.1) is 0 Å². The van der Waals surface area contributed by atoms with Gasteiger partial charge in [-0.05, 0) is 60.8 Å². The first kappa shape index (κ1) is 15.5. The van der Waals surface area contributed by atoms with Gasteiger partial charge in [0.05, 0.1) is 16.0 Å². The lowest BCUT2D eigenvalue weighted by Crippen LogP contribution is -2.27. The summed E-state index contributed by atoms with van der Waals surface area (Å²) in [4.78, 5) is 17.5. The SMILES string of the molecule is O=c1c2cccnc2sn1-c1ccc(S(=O)(=O)N2CCCC2)cc1. The fourth-order valence-corrected chi connectivity index (χ4v) is 5.32. The van der Waals surface area contributed by atoms with Crippen molar-refractivity contribution in [1.82, 2.24) is 13.2 Å². The van der Waals surface area contributed by atoms with Crippen molar-refractivity contribution in [2.24, 2.45) is 0 Å². The van der Waals surface area contributed by atoms with Crippen LogP contribution in [0.5, 0.6) is 0 Å². The molecule has 0 saturated carbocycles. The van der Waals surface area contributed by atoms with E-state index in [1.165, 1.54) is 19.8 Å². The summed E-state index contributed by atoms with van der Waals surface area (Å²) < 4.78 is 28.1. The second-order valence-corrected chi connectivity index (χ2v) is 8.52. The highest BCUT2D eigenvalue weighted by atomic mass is 32.2. The number of nitrogens with zero attached hydrogens (tertiary/aromatic N) is 3. The molecule has 2 aromatic heterocycles. The van der Waals surface area contributed by atoms with Gasteiger partial charge in [-0.2, -0.15) is 4.31 Å². The van der Waals surface area contributed by atoms with E-state index < -0.39 is 10.0 Å². The maximum absolute atomic E-state index is 12.5. The molecule has 1 aliphatic heterocycles. The Balaban J connectivity index is 1.73. The molecule has 1 aliphatic rings. The van der Waals surface area contributed by atoms with Crippen molar-refractivity contribution in [1.29, 1.82) is 0 Å². The maximum atomic E-state index is 12.5. The lowest BCUT2D eigenvalue weighted by Gasteiger charge is -2.15. The zero-order valence-electron chi connectivity index (χ0n) is 12.8. The molecule has 4 rings (SSSR count). The van der Waals surface area contributed by atoms with Crippen molar-refractivity contribution < 1.29 is 8.42 Å². The number of pyridine rings is 1. The molecule has 6 nitrogen and oxygen atoms in total. The van der Waals surface area contributed by atoms with Gasteiger partial charge in [0.15, 0.2) is 0 Å². The summed E-state index contributed by atoms with van der Waals surface area (Å²) in [5.74, 6) is 0. The smallest absolute Gasteiger partial charge is 0.267 e. The van der Waals surface area contributed by atoms with Crippen LogP contribution in [-0.4, -0.2) is 34.8 Å². The number of hydrogen-bond donors (Lipinski definition) is 0. The first-order valence-corrected chi connectivity index (χ1v) is 9.86. The molecule has 0 spiro atoms. The number of aromatic nitrogens is 2. The van der Waals surface area contributed by atoms with Gasteiger partial charge < -0.3 is 0 Å². The summed E-state index contributed by atoms with van der Waals surface area (Å²) >= 11 is 1.25. The van der Waals surface area contributed by atoms with Crippen LogP contribution in [0.3, 0.4) is 0 Å². The van der Waals surface area contributed by atoms with E-state index in [0.29, 0.717) is 29.0 Å². The molecule has 1 saturated heterocycles. The number of rotatable bonds is 3. The molecule has 124 valence electrons. The molecule has 24 heavy (non-hydrogen) atoms. The average molecular weight is 361 g/mol. The summed E-state index contributed by atoms with van der Waals surface area (Å²) in [6.45, 7) is 1.15. The van der Waals surface area contributed by atoms with Crippen LogP contribution in [0.15, 0.2) is 52.3 Å². The molecule has 0 amide bonds. The second-order valence-electron chi connectivity index (χ2n) is 5.65. The topological polar surface area (TPSA) is 72.3 Å². The van der Waals surface area contributed by atoms with Crippen molar-refractivity contribution >= 4 is 31.8 Å². The van der Waals surface area contributed by atoms with Crippen molar-refractivity contribution in [3.05, 3.63) is 52.9 Å². The van der Waals surface area contributed by atoms with Crippen LogP contribution in [0.1, 0.15) is 12.8 Å². The first-order chi connectivity index (χ1) is 11.6. The minimum Gasteiger partial charge on any atom is -0.267 e. The predicted octanol–water partition coefficient (Wildman–Crippen LogP) is 2.23. The highest BCUT2D eigenvalue weighted by Crippen LogP contribution is 2.23. The van der Waals surface area contributed by atoms with E-state index in [1.807, 2.05) is 0 Å². The number of sulfonamides is 1. The summed E-state index contributed by atoms with van der Waals surface area (Å²) in [7, 11) is -3.44. The molecular weight excluding hydrogens is 346 g/mol. The first-order valence-electron chi connectivity index (χ1n) is 7.65. The molecule has 1 aromatic carbocycles. The zero-order valence-corrected chi connectivity index (χ0v) is 14.4. The Hall–Kier alpha value is -2.03. The molecule has 3 aromatic rings. The molecule has 0 N–H and O–H groups in total. The molecule has 0 unspecified atom stereocenters.